The van der Waals surface area contributed by atoms with E-state index in [2.05, 4.69) is 202 Å². The van der Waals surface area contributed by atoms with Crippen LogP contribution in [0.3, 0.4) is 0 Å². The minimum atomic E-state index is 1.15. The number of nitrogens with zero attached hydrogens (tertiary/aromatic N) is 3. The molecule has 0 spiro atoms. The fourth-order valence-electron chi connectivity index (χ4n) is 8.45. The summed E-state index contributed by atoms with van der Waals surface area (Å²) in [5.41, 5.74) is 13.1. The standard InChI is InChI=1S/C48H31N3/c1-3-14-32(15-4-1)33-16-13-19-35(30-33)50-44-24-11-7-20-37(44)40-27-28-41-38-21-8-12-25-45(38)51(48(41)47(40)50)36-26-29-46-42(31-36)39-22-9-10-23-43(39)49(46)34-17-5-2-6-18-34/h1-31H. The molecule has 8 aromatic carbocycles. The van der Waals surface area contributed by atoms with Gasteiger partial charge in [0.15, 0.2) is 0 Å². The molecule has 0 aliphatic carbocycles. The maximum Gasteiger partial charge on any atom is 0.0788 e. The van der Waals surface area contributed by atoms with Crippen LogP contribution in [0.1, 0.15) is 0 Å². The normalized spacial score (nSPS) is 11.9. The van der Waals surface area contributed by atoms with E-state index in [1.54, 1.807) is 0 Å². The highest BCUT2D eigenvalue weighted by molar-refractivity contribution is 6.24. The number of hydrogen-bond acceptors (Lipinski definition) is 0. The zero-order chi connectivity index (χ0) is 33.5. The highest BCUT2D eigenvalue weighted by Crippen LogP contribution is 2.43. The van der Waals surface area contributed by atoms with E-state index < -0.39 is 0 Å². The van der Waals surface area contributed by atoms with Crippen molar-refractivity contribution in [3.63, 3.8) is 0 Å². The smallest absolute Gasteiger partial charge is 0.0788 e. The molecular formula is C48H31N3. The van der Waals surface area contributed by atoms with Gasteiger partial charge in [0.05, 0.1) is 33.1 Å². The van der Waals surface area contributed by atoms with Gasteiger partial charge >= 0.3 is 0 Å². The lowest BCUT2D eigenvalue weighted by molar-refractivity contribution is 1.15. The Morgan fingerprint density at radius 3 is 1.31 bits per heavy atom. The molecule has 0 aliphatic rings. The van der Waals surface area contributed by atoms with E-state index in [0.717, 1.165) is 17.1 Å². The lowest BCUT2D eigenvalue weighted by atomic mass is 10.1. The third kappa shape index (κ3) is 4.06. The summed E-state index contributed by atoms with van der Waals surface area (Å²) < 4.78 is 7.36. The van der Waals surface area contributed by atoms with E-state index in [1.165, 1.54) is 76.5 Å². The van der Waals surface area contributed by atoms with Crippen LogP contribution in [0.25, 0.3) is 93.6 Å². The highest BCUT2D eigenvalue weighted by Gasteiger charge is 2.22. The van der Waals surface area contributed by atoms with Crippen LogP contribution < -0.4 is 0 Å². The van der Waals surface area contributed by atoms with Crippen molar-refractivity contribution in [3.8, 4) is 28.2 Å². The Morgan fingerprint density at radius 2 is 0.686 bits per heavy atom. The van der Waals surface area contributed by atoms with Gasteiger partial charge in [-0.05, 0) is 71.8 Å². The molecule has 51 heavy (non-hydrogen) atoms. The van der Waals surface area contributed by atoms with Crippen LogP contribution >= 0.6 is 0 Å². The van der Waals surface area contributed by atoms with Gasteiger partial charge in [0.25, 0.3) is 0 Å². The summed E-state index contributed by atoms with van der Waals surface area (Å²) in [5.74, 6) is 0. The Balaban J connectivity index is 1.27. The van der Waals surface area contributed by atoms with E-state index in [4.69, 9.17) is 0 Å². The van der Waals surface area contributed by atoms with Gasteiger partial charge < -0.3 is 13.7 Å². The van der Waals surface area contributed by atoms with Gasteiger partial charge in [0.2, 0.25) is 0 Å². The minimum Gasteiger partial charge on any atom is -0.309 e. The molecule has 0 amide bonds. The molecule has 0 unspecified atom stereocenters. The van der Waals surface area contributed by atoms with Gasteiger partial charge in [-0.1, -0.05) is 127 Å². The largest absolute Gasteiger partial charge is 0.309 e. The maximum absolute atomic E-state index is 2.50. The molecular weight excluding hydrogens is 619 g/mol. The molecule has 0 atom stereocenters. The Bertz CT molecular complexity index is 3120. The van der Waals surface area contributed by atoms with Gasteiger partial charge in [0.1, 0.15) is 0 Å². The average Bonchev–Trinajstić information content (AvgIpc) is 3.84. The first-order valence-electron chi connectivity index (χ1n) is 17.5. The zero-order valence-corrected chi connectivity index (χ0v) is 27.7. The summed E-state index contributed by atoms with van der Waals surface area (Å²) in [5, 5.41) is 7.47. The number of fused-ring (bicyclic) bond motifs is 10. The van der Waals surface area contributed by atoms with Crippen molar-refractivity contribution in [2.24, 2.45) is 0 Å². The van der Waals surface area contributed by atoms with E-state index in [1.807, 2.05) is 0 Å². The van der Waals surface area contributed by atoms with Crippen LogP contribution in [0.4, 0.5) is 0 Å². The Hall–Kier alpha value is -6.84. The van der Waals surface area contributed by atoms with Crippen molar-refractivity contribution in [3.05, 3.63) is 188 Å². The fourth-order valence-corrected chi connectivity index (χ4v) is 8.45. The molecule has 3 heteroatoms. The van der Waals surface area contributed by atoms with E-state index in [-0.39, 0.29) is 0 Å². The molecule has 11 rings (SSSR count). The second-order valence-electron chi connectivity index (χ2n) is 13.4. The maximum atomic E-state index is 2.50. The Morgan fingerprint density at radius 1 is 0.235 bits per heavy atom. The Labute approximate surface area is 294 Å². The number of hydrogen-bond donors (Lipinski definition) is 0. The molecule has 0 fully saturated rings. The minimum absolute atomic E-state index is 1.15. The molecule has 0 N–H and O–H groups in total. The van der Waals surface area contributed by atoms with Gasteiger partial charge in [-0.25, -0.2) is 0 Å². The van der Waals surface area contributed by atoms with Gasteiger partial charge in [-0.3, -0.25) is 0 Å². The van der Waals surface area contributed by atoms with Crippen LogP contribution in [-0.4, -0.2) is 13.7 Å². The summed E-state index contributed by atoms with van der Waals surface area (Å²) in [4.78, 5) is 0. The van der Waals surface area contributed by atoms with Crippen molar-refractivity contribution < 1.29 is 0 Å². The molecule has 0 aliphatic heterocycles. The summed E-state index contributed by atoms with van der Waals surface area (Å²) in [6.45, 7) is 0. The quantitative estimate of drug-likeness (QED) is 0.180. The first kappa shape index (κ1) is 28.0. The van der Waals surface area contributed by atoms with Crippen molar-refractivity contribution in [2.45, 2.75) is 0 Å². The topological polar surface area (TPSA) is 14.8 Å². The van der Waals surface area contributed by atoms with Crippen molar-refractivity contribution in [1.29, 1.82) is 0 Å². The number of aromatic nitrogens is 3. The molecule has 0 saturated carbocycles. The molecule has 3 nitrogen and oxygen atoms in total. The van der Waals surface area contributed by atoms with Gasteiger partial charge in [0, 0.05) is 49.4 Å². The van der Waals surface area contributed by atoms with Crippen LogP contribution in [0.2, 0.25) is 0 Å². The molecule has 3 aromatic heterocycles. The lowest BCUT2D eigenvalue weighted by Crippen LogP contribution is -1.99. The van der Waals surface area contributed by atoms with Crippen LogP contribution in [0.15, 0.2) is 188 Å². The fraction of sp³-hybridized carbons (Fsp3) is 0. The number of rotatable bonds is 4. The SMILES string of the molecule is c1ccc(-c2cccc(-n3c4ccccc4c4ccc5c6ccccc6n(-c6ccc7c(c6)c6ccccc6n7-c6ccccc6)c5c43)c2)cc1. The average molecular weight is 650 g/mol. The molecule has 0 radical (unpaired) electrons. The van der Waals surface area contributed by atoms with Gasteiger partial charge in [-0.15, -0.1) is 0 Å². The summed E-state index contributed by atoms with van der Waals surface area (Å²) in [6.07, 6.45) is 0. The van der Waals surface area contributed by atoms with E-state index >= 15 is 0 Å². The summed E-state index contributed by atoms with van der Waals surface area (Å²) >= 11 is 0. The summed E-state index contributed by atoms with van der Waals surface area (Å²) in [6, 6.07) is 68.4. The molecule has 3 heterocycles. The van der Waals surface area contributed by atoms with Gasteiger partial charge in [-0.2, -0.15) is 0 Å². The zero-order valence-electron chi connectivity index (χ0n) is 27.7. The second-order valence-corrected chi connectivity index (χ2v) is 13.4. The molecule has 238 valence electrons. The predicted octanol–water partition coefficient (Wildman–Crippen LogP) is 12.6. The highest BCUT2D eigenvalue weighted by atomic mass is 15.0. The number of benzene rings is 8. The molecule has 11 aromatic rings. The first-order chi connectivity index (χ1) is 25.3. The number of para-hydroxylation sites is 4. The Kier molecular flexibility index (Phi) is 5.96. The first-order valence-corrected chi connectivity index (χ1v) is 17.5. The third-order valence-electron chi connectivity index (χ3n) is 10.6. The van der Waals surface area contributed by atoms with Crippen LogP contribution in [0, 0.1) is 0 Å². The van der Waals surface area contributed by atoms with Crippen molar-refractivity contribution >= 4 is 65.4 Å². The third-order valence-corrected chi connectivity index (χ3v) is 10.6. The van der Waals surface area contributed by atoms with Crippen molar-refractivity contribution in [1.82, 2.24) is 13.7 Å². The predicted molar refractivity (Wildman–Crippen MR) is 215 cm³/mol. The lowest BCUT2D eigenvalue weighted by Gasteiger charge is -2.14. The van der Waals surface area contributed by atoms with Crippen molar-refractivity contribution in [2.75, 3.05) is 0 Å². The van der Waals surface area contributed by atoms with E-state index in [0.29, 0.717) is 0 Å². The molecule has 0 bridgehead atoms. The second kappa shape index (κ2) is 10.8. The van der Waals surface area contributed by atoms with E-state index in [9.17, 15) is 0 Å². The molecule has 0 saturated heterocycles. The van der Waals surface area contributed by atoms with Crippen LogP contribution in [0.5, 0.6) is 0 Å². The monoisotopic (exact) mass is 649 g/mol. The summed E-state index contributed by atoms with van der Waals surface area (Å²) in [7, 11) is 0. The van der Waals surface area contributed by atoms with Crippen LogP contribution in [-0.2, 0) is 0 Å².